The molecule has 0 fully saturated rings. The number of hydrogen-bond donors (Lipinski definition) is 0. The Morgan fingerprint density at radius 3 is 0.741 bits per heavy atom. The lowest BCUT2D eigenvalue weighted by Crippen LogP contribution is -2.14. The van der Waals surface area contributed by atoms with Crippen LogP contribution >= 0.6 is 0 Å². The first-order valence-electron chi connectivity index (χ1n) is 49.8. The summed E-state index contributed by atoms with van der Waals surface area (Å²) in [7, 11) is 0. The maximum absolute atomic E-state index is 5.24. The fourth-order valence-corrected chi connectivity index (χ4v) is 20.2. The highest BCUT2D eigenvalue weighted by molar-refractivity contribution is 6.11. The van der Waals surface area contributed by atoms with Crippen LogP contribution in [0.4, 0.5) is 0 Å². The number of hydrogen-bond acceptors (Lipinski definition) is 9. The van der Waals surface area contributed by atoms with Crippen LogP contribution in [0.2, 0.25) is 0 Å². The molecule has 0 amide bonds. The molecule has 0 atom stereocenters. The number of para-hydroxylation sites is 4. The Morgan fingerprint density at radius 1 is 0.150 bits per heavy atom. The molecule has 11 nitrogen and oxygen atoms in total. The van der Waals surface area contributed by atoms with Crippen molar-refractivity contribution in [1.82, 2.24) is 54.0 Å². The van der Waals surface area contributed by atoms with E-state index in [2.05, 4.69) is 403 Å². The van der Waals surface area contributed by atoms with Gasteiger partial charge >= 0.3 is 0 Å². The molecule has 147 heavy (non-hydrogen) atoms. The Labute approximate surface area is 856 Å². The highest BCUT2D eigenvalue weighted by atomic mass is 15.1. The van der Waals surface area contributed by atoms with Crippen LogP contribution in [0.1, 0.15) is 47.2 Å². The van der Waals surface area contributed by atoms with Gasteiger partial charge in [0.25, 0.3) is 0 Å². The summed E-state index contributed by atoms with van der Waals surface area (Å²) in [6.45, 7) is 13.1. The molecule has 20 aromatic carbocycles. The van der Waals surface area contributed by atoms with Crippen molar-refractivity contribution in [2.45, 2.75) is 47.0 Å². The number of aryl methyl sites for hydroxylation is 4. The third-order valence-electron chi connectivity index (χ3n) is 27.4. The van der Waals surface area contributed by atoms with Crippen LogP contribution in [0.15, 0.2) is 504 Å². The smallest absolute Gasteiger partial charge is 0.164 e. The molecular weight excluding hydrogens is 1790 g/mol. The largest absolute Gasteiger partial charge is 0.309 e. The second-order valence-electron chi connectivity index (χ2n) is 38.0. The molecule has 0 unspecified atom stereocenters. The third kappa shape index (κ3) is 19.3. The van der Waals surface area contributed by atoms with E-state index in [0.717, 1.165) is 106 Å². The summed E-state index contributed by atoms with van der Waals surface area (Å²) in [5, 5.41) is 5.14. The van der Waals surface area contributed by atoms with Gasteiger partial charge in [0.1, 0.15) is 0 Å². The van der Waals surface area contributed by atoms with Crippen molar-refractivity contribution < 1.29 is 0 Å². The van der Waals surface area contributed by atoms with Gasteiger partial charge in [-0.2, -0.15) is 0 Å². The van der Waals surface area contributed by atoms with Crippen molar-refractivity contribution in [3.05, 3.63) is 537 Å². The number of aromatic nitrogens is 11. The average Bonchev–Trinajstić information content (AvgIpc) is 1.57. The van der Waals surface area contributed by atoms with Crippen molar-refractivity contribution in [3.63, 3.8) is 0 Å². The summed E-state index contributed by atoms with van der Waals surface area (Å²) in [4.78, 5) is 44.9. The Balaban J connectivity index is 0.000000112. The molecule has 0 radical (unpaired) electrons. The van der Waals surface area contributed by atoms with Gasteiger partial charge in [0.2, 0.25) is 0 Å². The molecule has 11 heteroatoms. The minimum Gasteiger partial charge on any atom is -0.309 e. The van der Waals surface area contributed by atoms with E-state index in [-0.39, 0.29) is 5.41 Å². The van der Waals surface area contributed by atoms with Crippen molar-refractivity contribution in [3.8, 4) is 181 Å². The van der Waals surface area contributed by atoms with Gasteiger partial charge in [0, 0.05) is 88.4 Å². The fourth-order valence-electron chi connectivity index (χ4n) is 20.2. The highest BCUT2D eigenvalue weighted by Crippen LogP contribution is 2.50. The van der Waals surface area contributed by atoms with E-state index in [1.807, 2.05) is 152 Å². The summed E-state index contributed by atoms with van der Waals surface area (Å²) in [6.07, 6.45) is 0. The Morgan fingerprint density at radius 2 is 0.395 bits per heavy atom. The van der Waals surface area contributed by atoms with Gasteiger partial charge in [0.05, 0.1) is 22.1 Å². The number of nitrogens with zero attached hydrogens (tertiary/aromatic N) is 11. The molecule has 26 rings (SSSR count). The minimum absolute atomic E-state index is 0.0950. The second kappa shape index (κ2) is 40.6. The molecule has 1 aliphatic rings. The van der Waals surface area contributed by atoms with E-state index in [4.69, 9.17) is 44.9 Å². The van der Waals surface area contributed by atoms with Crippen LogP contribution in [-0.2, 0) is 5.41 Å². The first-order valence-corrected chi connectivity index (χ1v) is 49.8. The topological polar surface area (TPSA) is 126 Å². The maximum Gasteiger partial charge on any atom is 0.164 e. The summed E-state index contributed by atoms with van der Waals surface area (Å²) >= 11 is 0. The molecule has 0 bridgehead atoms. The van der Waals surface area contributed by atoms with Crippen LogP contribution in [-0.4, -0.2) is 54.0 Å². The zero-order chi connectivity index (χ0) is 99.3. The summed E-state index contributed by atoms with van der Waals surface area (Å²) in [5.41, 5.74) is 37.6. The zero-order valence-corrected chi connectivity index (χ0v) is 82.3. The number of fused-ring (bicyclic) bond motifs is 9. The quantitative estimate of drug-likeness (QED) is 0.0929. The molecule has 700 valence electrons. The van der Waals surface area contributed by atoms with E-state index < -0.39 is 0 Å². The van der Waals surface area contributed by atoms with E-state index in [9.17, 15) is 0 Å². The Bertz CT molecular complexity index is 8370. The minimum atomic E-state index is 0.0950. The van der Waals surface area contributed by atoms with Crippen LogP contribution in [0.3, 0.4) is 0 Å². The van der Waals surface area contributed by atoms with Crippen molar-refractivity contribution in [2.75, 3.05) is 0 Å². The highest BCUT2D eigenvalue weighted by Gasteiger charge is 2.35. The van der Waals surface area contributed by atoms with E-state index in [0.29, 0.717) is 52.4 Å². The normalized spacial score (nSPS) is 11.7. The van der Waals surface area contributed by atoms with E-state index in [1.54, 1.807) is 0 Å². The lowest BCUT2D eigenvalue weighted by Gasteiger charge is -2.21. The maximum atomic E-state index is 5.24. The molecule has 0 aliphatic heterocycles. The lowest BCUT2D eigenvalue weighted by atomic mass is 9.82. The first-order chi connectivity index (χ1) is 72.2. The summed E-state index contributed by atoms with van der Waals surface area (Å²) in [5.74, 6) is 5.52. The lowest BCUT2D eigenvalue weighted by molar-refractivity contribution is 0.660. The molecule has 0 spiro atoms. The molecule has 5 heterocycles. The predicted molar refractivity (Wildman–Crippen MR) is 607 cm³/mol. The van der Waals surface area contributed by atoms with Gasteiger partial charge in [-0.25, -0.2) is 44.9 Å². The summed E-state index contributed by atoms with van der Waals surface area (Å²) in [6, 6.07) is 176. The number of rotatable bonds is 16. The van der Waals surface area contributed by atoms with Crippen LogP contribution in [0.25, 0.3) is 224 Å². The van der Waals surface area contributed by atoms with Gasteiger partial charge in [-0.3, -0.25) is 0 Å². The second-order valence-corrected chi connectivity index (χ2v) is 38.0. The van der Waals surface area contributed by atoms with E-state index >= 15 is 0 Å². The molecule has 5 aromatic heterocycles. The molecule has 0 saturated heterocycles. The monoisotopic (exact) mass is 1890 g/mol. The first kappa shape index (κ1) is 91.8. The molecule has 1 aliphatic carbocycles. The van der Waals surface area contributed by atoms with Crippen LogP contribution < -0.4 is 0 Å². The Hall–Kier alpha value is -19.0. The molecular formula is C136H101N11. The van der Waals surface area contributed by atoms with Crippen LogP contribution in [0.5, 0.6) is 0 Å². The van der Waals surface area contributed by atoms with Gasteiger partial charge in [-0.15, -0.1) is 0 Å². The van der Waals surface area contributed by atoms with Crippen LogP contribution in [0, 0.1) is 27.7 Å². The van der Waals surface area contributed by atoms with Gasteiger partial charge in [-0.1, -0.05) is 419 Å². The molecule has 25 aromatic rings. The van der Waals surface area contributed by atoms with Gasteiger partial charge in [-0.05, 0) is 226 Å². The predicted octanol–water partition coefficient (Wildman–Crippen LogP) is 34.4. The Kier molecular flexibility index (Phi) is 25.3. The fraction of sp³-hybridized carbons (Fsp3) is 0.0515. The standard InChI is InChI=1S/C46H33N3.C37H26N6.C31H22N2.C22H20/c1-32-15-14-24-37(25-32)44-47-45(42-28-38(33-16-6-2-7-17-33)26-39(29-42)34-18-8-3-9-19-34)49-46(48-44)43-30-40(35-20-10-4-11-21-35)27-41(31-43)36-22-12-5-13-23-36;1-25-22-30(36-40-32(26-14-6-2-7-15-26)38-33(41-36)27-16-8-3-9-17-27)24-31(23-25)37-42-34(28-18-10-4-11-19-28)39-35(43-37)29-20-12-5-13-21-29;1-21-18-22(32-28-14-6-2-10-24(28)25-11-3-7-15-29(25)32)20-23(19-21)33-30-16-8-4-12-26(30)27-13-5-9-17-31(27)33;1-15-8-10-16(11-9-15)17-12-13-21-19(14-17)18-6-4-5-7-20(18)22(21,2)3/h2-31H,1H3;2-24H,1H3;2-20H,1H3;4-14H,1-3H3. The SMILES string of the molecule is Cc1cc(-c2nc(-c3ccccc3)nc(-c3ccccc3)n2)cc(-c2nc(-c3ccccc3)nc(-c3ccccc3)n2)c1.Cc1cc(-n2c3ccccc3c3ccccc32)cc(-n2c3ccccc3c3ccccc32)c1.Cc1ccc(-c2ccc3c(c2)-c2ccccc2C3(C)C)cc1.Cc1cccc(-c2nc(-c3cc(-c4ccccc4)cc(-c4ccccc4)c3)nc(-c3cc(-c4ccccc4)cc(-c4ccccc4)c3)n2)c1. The third-order valence-corrected chi connectivity index (χ3v) is 27.4. The number of benzene rings is 20. The summed E-state index contributed by atoms with van der Waals surface area (Å²) < 4.78 is 4.80. The van der Waals surface area contributed by atoms with Crippen molar-refractivity contribution in [2.24, 2.45) is 0 Å². The average molecular weight is 1890 g/mol. The van der Waals surface area contributed by atoms with Crippen molar-refractivity contribution >= 4 is 43.6 Å². The molecule has 0 saturated carbocycles. The van der Waals surface area contributed by atoms with Gasteiger partial charge in [0.15, 0.2) is 52.4 Å². The van der Waals surface area contributed by atoms with Crippen molar-refractivity contribution in [1.29, 1.82) is 0 Å². The molecule has 0 N–H and O–H groups in total. The van der Waals surface area contributed by atoms with Gasteiger partial charge < -0.3 is 9.13 Å². The zero-order valence-electron chi connectivity index (χ0n) is 82.3. The van der Waals surface area contributed by atoms with E-state index in [1.165, 1.54) is 99.5 Å².